The largest absolute Gasteiger partial charge is 0.313 e. The zero-order chi connectivity index (χ0) is 14.8. The molecule has 0 heterocycles. The Morgan fingerprint density at radius 2 is 1.55 bits per heavy atom. The Labute approximate surface area is 127 Å². The van der Waals surface area contributed by atoms with Gasteiger partial charge in [-0.25, -0.2) is 0 Å². The smallest absolute Gasteiger partial charge is 0.00684 e. The van der Waals surface area contributed by atoms with Crippen LogP contribution in [0.25, 0.3) is 0 Å². The number of nitrogens with one attached hydrogen (secondary N) is 1. The molecule has 0 unspecified atom stereocenters. The highest BCUT2D eigenvalue weighted by Gasteiger charge is 2.43. The van der Waals surface area contributed by atoms with E-state index in [0.717, 1.165) is 17.9 Å². The number of rotatable bonds is 6. The van der Waals surface area contributed by atoms with E-state index < -0.39 is 0 Å². The van der Waals surface area contributed by atoms with Crippen molar-refractivity contribution < 1.29 is 0 Å². The lowest BCUT2D eigenvalue weighted by molar-refractivity contribution is 0.0345. The van der Waals surface area contributed by atoms with Crippen LogP contribution in [-0.4, -0.2) is 12.6 Å². The maximum atomic E-state index is 3.87. The molecule has 0 radical (unpaired) electrons. The fourth-order valence-corrected chi connectivity index (χ4v) is 4.58. The van der Waals surface area contributed by atoms with Crippen LogP contribution in [0.1, 0.15) is 86.0 Å². The quantitative estimate of drug-likeness (QED) is 0.686. The summed E-state index contributed by atoms with van der Waals surface area (Å²) in [6.45, 7) is 13.4. The highest BCUT2D eigenvalue weighted by atomic mass is 15.0. The van der Waals surface area contributed by atoms with Gasteiger partial charge < -0.3 is 5.32 Å². The summed E-state index contributed by atoms with van der Waals surface area (Å²) in [5.74, 6) is 1.86. The predicted molar refractivity (Wildman–Crippen MR) is 88.9 cm³/mol. The van der Waals surface area contributed by atoms with Gasteiger partial charge in [0.2, 0.25) is 0 Å². The minimum Gasteiger partial charge on any atom is -0.313 e. The van der Waals surface area contributed by atoms with Crippen molar-refractivity contribution in [2.45, 2.75) is 92.0 Å². The molecular weight excluding hydrogens is 242 g/mol. The van der Waals surface area contributed by atoms with E-state index in [2.05, 4.69) is 39.9 Å². The van der Waals surface area contributed by atoms with E-state index >= 15 is 0 Å². The number of hydrogen-bond acceptors (Lipinski definition) is 1. The lowest BCUT2D eigenvalue weighted by Gasteiger charge is -2.48. The summed E-state index contributed by atoms with van der Waals surface area (Å²) in [5, 5.41) is 3.87. The van der Waals surface area contributed by atoms with Gasteiger partial charge in [0.1, 0.15) is 0 Å². The van der Waals surface area contributed by atoms with Crippen LogP contribution >= 0.6 is 0 Å². The van der Waals surface area contributed by atoms with Gasteiger partial charge >= 0.3 is 0 Å². The molecule has 1 N–H and O–H groups in total. The average Bonchev–Trinajstić information content (AvgIpc) is 3.21. The Kier molecular flexibility index (Phi) is 5.21. The lowest BCUT2D eigenvalue weighted by atomic mass is 9.58. The second-order valence-electron chi connectivity index (χ2n) is 8.67. The molecule has 2 saturated carbocycles. The van der Waals surface area contributed by atoms with Gasteiger partial charge in [-0.3, -0.25) is 0 Å². The molecule has 1 heteroatoms. The van der Waals surface area contributed by atoms with E-state index in [-0.39, 0.29) is 0 Å². The molecule has 0 saturated heterocycles. The van der Waals surface area contributed by atoms with Gasteiger partial charge in [0.15, 0.2) is 0 Å². The third-order valence-corrected chi connectivity index (χ3v) is 6.38. The molecule has 0 spiro atoms. The molecule has 20 heavy (non-hydrogen) atoms. The maximum absolute atomic E-state index is 3.87. The van der Waals surface area contributed by atoms with E-state index in [9.17, 15) is 0 Å². The molecule has 0 aliphatic heterocycles. The van der Waals surface area contributed by atoms with Crippen molar-refractivity contribution in [2.75, 3.05) is 6.54 Å². The summed E-state index contributed by atoms with van der Waals surface area (Å²) in [7, 11) is 0. The molecule has 0 atom stereocenters. The van der Waals surface area contributed by atoms with Crippen LogP contribution in [-0.2, 0) is 0 Å². The van der Waals surface area contributed by atoms with Crippen molar-refractivity contribution >= 4 is 0 Å². The van der Waals surface area contributed by atoms with E-state index in [4.69, 9.17) is 0 Å². The maximum Gasteiger partial charge on any atom is 0.00684 e. The molecule has 0 bridgehead atoms. The Bertz CT molecular complexity index is 285. The zero-order valence-electron chi connectivity index (χ0n) is 14.6. The zero-order valence-corrected chi connectivity index (χ0v) is 14.6. The average molecular weight is 280 g/mol. The van der Waals surface area contributed by atoms with Crippen molar-refractivity contribution in [3.8, 4) is 0 Å². The van der Waals surface area contributed by atoms with Crippen molar-refractivity contribution in [3.63, 3.8) is 0 Å². The van der Waals surface area contributed by atoms with Crippen LogP contribution in [0.15, 0.2) is 0 Å². The molecule has 0 aromatic heterocycles. The molecule has 2 aliphatic rings. The van der Waals surface area contributed by atoms with Gasteiger partial charge in [-0.1, -0.05) is 47.5 Å². The highest BCUT2D eigenvalue weighted by Crippen LogP contribution is 2.50. The van der Waals surface area contributed by atoms with Crippen molar-refractivity contribution in [1.82, 2.24) is 5.32 Å². The van der Waals surface area contributed by atoms with Gasteiger partial charge in [0, 0.05) is 12.6 Å². The predicted octanol–water partition coefficient (Wildman–Crippen LogP) is 5.40. The van der Waals surface area contributed by atoms with E-state index in [1.807, 2.05) is 0 Å². The van der Waals surface area contributed by atoms with Gasteiger partial charge in [-0.2, -0.15) is 0 Å². The SMILES string of the molecule is CCC(CC)C1(CNC2CC2)CCC(C(C)(C)C)CC1. The van der Waals surface area contributed by atoms with Crippen LogP contribution in [0.5, 0.6) is 0 Å². The minimum atomic E-state index is 0.504. The van der Waals surface area contributed by atoms with Gasteiger partial charge in [0.25, 0.3) is 0 Å². The molecule has 1 nitrogen and oxygen atoms in total. The minimum absolute atomic E-state index is 0.504. The molecule has 2 fully saturated rings. The molecule has 2 rings (SSSR count). The summed E-state index contributed by atoms with van der Waals surface area (Å²) >= 11 is 0. The van der Waals surface area contributed by atoms with Crippen molar-refractivity contribution in [2.24, 2.45) is 22.7 Å². The number of hydrogen-bond donors (Lipinski definition) is 1. The van der Waals surface area contributed by atoms with Crippen molar-refractivity contribution in [3.05, 3.63) is 0 Å². The third kappa shape index (κ3) is 3.78. The van der Waals surface area contributed by atoms with Gasteiger partial charge in [0.05, 0.1) is 0 Å². The molecule has 2 aliphatic carbocycles. The fraction of sp³-hybridized carbons (Fsp3) is 1.00. The first-order chi connectivity index (χ1) is 9.41. The highest BCUT2D eigenvalue weighted by molar-refractivity contribution is 4.95. The van der Waals surface area contributed by atoms with Gasteiger partial charge in [-0.05, 0) is 61.2 Å². The Morgan fingerprint density at radius 3 is 1.95 bits per heavy atom. The van der Waals surface area contributed by atoms with E-state index in [1.54, 1.807) is 0 Å². The standard InChI is InChI=1S/C19H37N/c1-6-15(7-2)19(14-20-17-8-9-17)12-10-16(11-13-19)18(3,4)5/h15-17,20H,6-14H2,1-5H3. The first-order valence-corrected chi connectivity index (χ1v) is 9.14. The van der Waals surface area contributed by atoms with Crippen molar-refractivity contribution in [1.29, 1.82) is 0 Å². The Balaban J connectivity index is 2.00. The summed E-state index contributed by atoms with van der Waals surface area (Å²) < 4.78 is 0. The third-order valence-electron chi connectivity index (χ3n) is 6.38. The first-order valence-electron chi connectivity index (χ1n) is 9.14. The molecule has 0 aromatic carbocycles. The van der Waals surface area contributed by atoms with Gasteiger partial charge in [-0.15, -0.1) is 0 Å². The summed E-state index contributed by atoms with van der Waals surface area (Å²) in [4.78, 5) is 0. The second-order valence-corrected chi connectivity index (χ2v) is 8.67. The second kappa shape index (κ2) is 6.38. The van der Waals surface area contributed by atoms with Crippen LogP contribution in [0.2, 0.25) is 0 Å². The molecule has 0 amide bonds. The van der Waals surface area contributed by atoms with Crippen LogP contribution in [0.3, 0.4) is 0 Å². The Hall–Kier alpha value is -0.0400. The monoisotopic (exact) mass is 279 g/mol. The van der Waals surface area contributed by atoms with Crippen LogP contribution in [0, 0.1) is 22.7 Å². The summed E-state index contributed by atoms with van der Waals surface area (Å²) in [6.07, 6.45) is 11.4. The van der Waals surface area contributed by atoms with E-state index in [1.165, 1.54) is 57.9 Å². The topological polar surface area (TPSA) is 12.0 Å². The first kappa shape index (κ1) is 16.3. The summed E-state index contributed by atoms with van der Waals surface area (Å²) in [6, 6.07) is 0.863. The normalized spacial score (nSPS) is 31.8. The lowest BCUT2D eigenvalue weighted by Crippen LogP contribution is -2.45. The molecular formula is C19H37N. The van der Waals surface area contributed by atoms with Crippen LogP contribution < -0.4 is 5.32 Å². The van der Waals surface area contributed by atoms with Crippen LogP contribution in [0.4, 0.5) is 0 Å². The van der Waals surface area contributed by atoms with E-state index in [0.29, 0.717) is 10.8 Å². The molecule has 118 valence electrons. The fourth-order valence-electron chi connectivity index (χ4n) is 4.58. The summed E-state index contributed by atoms with van der Waals surface area (Å²) in [5.41, 5.74) is 1.11. The molecule has 0 aromatic rings. The Morgan fingerprint density at radius 1 is 1.00 bits per heavy atom.